The molecule has 0 aliphatic carbocycles. The van der Waals surface area contributed by atoms with Crippen molar-refractivity contribution in [3.63, 3.8) is 0 Å². The molecule has 0 atom stereocenters. The first-order chi connectivity index (χ1) is 10.2. The number of ether oxygens (including phenoxy) is 2. The lowest BCUT2D eigenvalue weighted by Crippen LogP contribution is -2.33. The maximum atomic E-state index is 9.01. The van der Waals surface area contributed by atoms with Crippen molar-refractivity contribution in [3.05, 3.63) is 29.8 Å². The lowest BCUT2D eigenvalue weighted by molar-refractivity contribution is 0.118. The molecule has 5 nitrogen and oxygen atoms in total. The molecule has 0 unspecified atom stereocenters. The number of nitrogens with zero attached hydrogens (tertiary/aromatic N) is 1. The van der Waals surface area contributed by atoms with E-state index in [0.29, 0.717) is 31.2 Å². The van der Waals surface area contributed by atoms with Crippen molar-refractivity contribution < 1.29 is 14.6 Å². The standard InChI is InChI=1S/C15H24N2O3S/c1-19-10-7-17(6-9-18)8-11-20-14-4-2-13(3-5-14)12-15(16)21/h2-5,18H,6-12H2,1H3,(H2,16,21). The summed E-state index contributed by atoms with van der Waals surface area (Å²) >= 11 is 4.88. The number of methoxy groups -OCH3 is 1. The Hall–Kier alpha value is -1.21. The third-order valence-electron chi connectivity index (χ3n) is 3.01. The Bertz CT molecular complexity index is 412. The number of aliphatic hydroxyl groups excluding tert-OH is 1. The van der Waals surface area contributed by atoms with E-state index < -0.39 is 0 Å². The second-order valence-electron chi connectivity index (χ2n) is 4.69. The number of nitrogens with two attached hydrogens (primary N) is 1. The van der Waals surface area contributed by atoms with Crippen LogP contribution in [0.3, 0.4) is 0 Å². The molecule has 1 rings (SSSR count). The highest BCUT2D eigenvalue weighted by molar-refractivity contribution is 7.80. The van der Waals surface area contributed by atoms with Gasteiger partial charge in [-0.2, -0.15) is 0 Å². The Labute approximate surface area is 131 Å². The molecule has 0 aromatic heterocycles. The minimum Gasteiger partial charge on any atom is -0.492 e. The zero-order valence-corrected chi connectivity index (χ0v) is 13.3. The Morgan fingerprint density at radius 1 is 1.19 bits per heavy atom. The molecule has 0 saturated carbocycles. The summed E-state index contributed by atoms with van der Waals surface area (Å²) in [5.41, 5.74) is 6.59. The highest BCUT2D eigenvalue weighted by Crippen LogP contribution is 2.12. The molecule has 0 heterocycles. The number of benzene rings is 1. The van der Waals surface area contributed by atoms with Crippen LogP contribution in [0.1, 0.15) is 5.56 Å². The van der Waals surface area contributed by atoms with E-state index in [1.807, 2.05) is 24.3 Å². The molecule has 0 amide bonds. The molecule has 1 aromatic carbocycles. The number of rotatable bonds is 11. The van der Waals surface area contributed by atoms with Crippen molar-refractivity contribution >= 4 is 17.2 Å². The lowest BCUT2D eigenvalue weighted by atomic mass is 10.1. The van der Waals surface area contributed by atoms with Crippen LogP contribution in [0.2, 0.25) is 0 Å². The first-order valence-electron chi connectivity index (χ1n) is 6.98. The number of hydrogen-bond acceptors (Lipinski definition) is 5. The molecule has 21 heavy (non-hydrogen) atoms. The van der Waals surface area contributed by atoms with Crippen LogP contribution in [0.5, 0.6) is 5.75 Å². The molecule has 0 fully saturated rings. The first kappa shape index (κ1) is 17.8. The maximum absolute atomic E-state index is 9.01. The van der Waals surface area contributed by atoms with Gasteiger partial charge in [-0.3, -0.25) is 4.90 Å². The fourth-order valence-corrected chi connectivity index (χ4v) is 2.06. The monoisotopic (exact) mass is 312 g/mol. The van der Waals surface area contributed by atoms with E-state index in [4.69, 9.17) is 32.5 Å². The molecule has 6 heteroatoms. The van der Waals surface area contributed by atoms with Gasteiger partial charge in [0, 0.05) is 33.2 Å². The van der Waals surface area contributed by atoms with Gasteiger partial charge in [0.15, 0.2) is 0 Å². The van der Waals surface area contributed by atoms with E-state index >= 15 is 0 Å². The van der Waals surface area contributed by atoms with Crippen molar-refractivity contribution in [2.45, 2.75) is 6.42 Å². The Morgan fingerprint density at radius 3 is 2.43 bits per heavy atom. The zero-order valence-electron chi connectivity index (χ0n) is 12.5. The molecule has 1 aromatic rings. The van der Waals surface area contributed by atoms with E-state index in [2.05, 4.69) is 4.90 Å². The number of hydrogen-bond donors (Lipinski definition) is 2. The molecule has 0 spiro atoms. The Balaban J connectivity index is 2.34. The van der Waals surface area contributed by atoms with E-state index in [1.54, 1.807) is 7.11 Å². The van der Waals surface area contributed by atoms with Crippen LogP contribution in [0, 0.1) is 0 Å². The molecular formula is C15H24N2O3S. The normalized spacial score (nSPS) is 10.8. The van der Waals surface area contributed by atoms with Gasteiger partial charge in [0.1, 0.15) is 12.4 Å². The minimum atomic E-state index is 0.136. The van der Waals surface area contributed by atoms with E-state index in [0.717, 1.165) is 24.4 Å². The highest BCUT2D eigenvalue weighted by Gasteiger charge is 2.04. The molecule has 0 bridgehead atoms. The maximum Gasteiger partial charge on any atom is 0.119 e. The summed E-state index contributed by atoms with van der Waals surface area (Å²) in [6, 6.07) is 7.76. The Morgan fingerprint density at radius 2 is 1.86 bits per heavy atom. The summed E-state index contributed by atoms with van der Waals surface area (Å²) in [6.45, 7) is 3.51. The summed E-state index contributed by atoms with van der Waals surface area (Å²) in [7, 11) is 1.67. The average Bonchev–Trinajstić information content (AvgIpc) is 2.46. The van der Waals surface area contributed by atoms with Gasteiger partial charge in [-0.15, -0.1) is 0 Å². The lowest BCUT2D eigenvalue weighted by Gasteiger charge is -2.20. The summed E-state index contributed by atoms with van der Waals surface area (Å²) in [5.74, 6) is 0.817. The van der Waals surface area contributed by atoms with Crippen LogP contribution in [0.15, 0.2) is 24.3 Å². The number of thiocarbonyl (C=S) groups is 1. The topological polar surface area (TPSA) is 68.0 Å². The molecule has 0 saturated heterocycles. The SMILES string of the molecule is COCCN(CCO)CCOc1ccc(CC(N)=S)cc1. The minimum absolute atomic E-state index is 0.136. The predicted octanol–water partition coefficient (Wildman–Crippen LogP) is 0.835. The van der Waals surface area contributed by atoms with Crippen molar-refractivity contribution in [2.75, 3.05) is 46.6 Å². The number of aliphatic hydroxyl groups is 1. The molecule has 118 valence electrons. The molecule has 0 radical (unpaired) electrons. The van der Waals surface area contributed by atoms with Crippen LogP contribution in [-0.2, 0) is 11.2 Å². The van der Waals surface area contributed by atoms with Gasteiger partial charge >= 0.3 is 0 Å². The second kappa shape index (κ2) is 10.5. The van der Waals surface area contributed by atoms with Gasteiger partial charge in [0.2, 0.25) is 0 Å². The molecule has 3 N–H and O–H groups in total. The van der Waals surface area contributed by atoms with Gasteiger partial charge in [0.05, 0.1) is 18.2 Å². The quantitative estimate of drug-likeness (QED) is 0.590. The first-order valence-corrected chi connectivity index (χ1v) is 7.38. The predicted molar refractivity (Wildman–Crippen MR) is 87.8 cm³/mol. The highest BCUT2D eigenvalue weighted by atomic mass is 32.1. The summed E-state index contributed by atoms with van der Waals surface area (Å²) in [6.07, 6.45) is 0.608. The fraction of sp³-hybridized carbons (Fsp3) is 0.533. The van der Waals surface area contributed by atoms with Crippen LogP contribution in [-0.4, -0.2) is 61.6 Å². The van der Waals surface area contributed by atoms with Gasteiger partial charge in [0.25, 0.3) is 0 Å². The van der Waals surface area contributed by atoms with Crippen LogP contribution in [0.4, 0.5) is 0 Å². The van der Waals surface area contributed by atoms with Gasteiger partial charge in [-0.05, 0) is 17.7 Å². The van der Waals surface area contributed by atoms with Crippen molar-refractivity contribution in [1.29, 1.82) is 0 Å². The Kier molecular flexibility index (Phi) is 8.93. The van der Waals surface area contributed by atoms with Crippen molar-refractivity contribution in [3.8, 4) is 5.75 Å². The van der Waals surface area contributed by atoms with Gasteiger partial charge in [-0.1, -0.05) is 24.4 Å². The largest absolute Gasteiger partial charge is 0.492 e. The molecule has 0 aliphatic rings. The third-order valence-corrected chi connectivity index (χ3v) is 3.15. The van der Waals surface area contributed by atoms with Crippen LogP contribution in [0.25, 0.3) is 0 Å². The van der Waals surface area contributed by atoms with Crippen molar-refractivity contribution in [2.24, 2.45) is 5.73 Å². The smallest absolute Gasteiger partial charge is 0.119 e. The molecule has 0 aliphatic heterocycles. The van der Waals surface area contributed by atoms with E-state index in [-0.39, 0.29) is 6.61 Å². The van der Waals surface area contributed by atoms with E-state index in [9.17, 15) is 0 Å². The second-order valence-corrected chi connectivity index (χ2v) is 5.22. The van der Waals surface area contributed by atoms with Gasteiger partial charge < -0.3 is 20.3 Å². The summed E-state index contributed by atoms with van der Waals surface area (Å²) < 4.78 is 10.7. The van der Waals surface area contributed by atoms with Gasteiger partial charge in [-0.25, -0.2) is 0 Å². The fourth-order valence-electron chi connectivity index (χ4n) is 1.89. The molecular weight excluding hydrogens is 288 g/mol. The zero-order chi connectivity index (χ0) is 15.5. The van der Waals surface area contributed by atoms with Crippen molar-refractivity contribution in [1.82, 2.24) is 4.90 Å². The third kappa shape index (κ3) is 7.96. The van der Waals surface area contributed by atoms with Crippen LogP contribution >= 0.6 is 12.2 Å². The van der Waals surface area contributed by atoms with E-state index in [1.165, 1.54) is 0 Å². The average molecular weight is 312 g/mol. The summed E-state index contributed by atoms with van der Waals surface area (Å²) in [5, 5.41) is 9.01. The van der Waals surface area contributed by atoms with Crippen LogP contribution < -0.4 is 10.5 Å². The summed E-state index contributed by atoms with van der Waals surface area (Å²) in [4.78, 5) is 2.59.